The van der Waals surface area contributed by atoms with Crippen LogP contribution in [0, 0.1) is 0 Å². The van der Waals surface area contributed by atoms with Gasteiger partial charge in [0.05, 0.1) is 7.11 Å². The van der Waals surface area contributed by atoms with Crippen molar-refractivity contribution in [3.05, 3.63) is 71.8 Å². The van der Waals surface area contributed by atoms with Crippen molar-refractivity contribution in [2.45, 2.75) is 6.54 Å². The van der Waals surface area contributed by atoms with E-state index < -0.39 is 0 Å². The molecule has 0 heterocycles. The summed E-state index contributed by atoms with van der Waals surface area (Å²) in [4.78, 5) is 15.7. The van der Waals surface area contributed by atoms with E-state index in [0.717, 1.165) is 17.8 Å². The highest BCUT2D eigenvalue weighted by molar-refractivity contribution is 5.90. The largest absolute Gasteiger partial charge is 0.381 e. The summed E-state index contributed by atoms with van der Waals surface area (Å²) in [5.74, 6) is -0.288. The maximum Gasteiger partial charge on any atom is 0.267 e. The molecule has 2 rings (SSSR count). The first-order chi connectivity index (χ1) is 10.3. The van der Waals surface area contributed by atoms with Crippen LogP contribution >= 0.6 is 0 Å². The number of carbonyl (C=O) groups excluding carboxylic acids is 1. The highest BCUT2D eigenvalue weighted by Gasteiger charge is 1.95. The van der Waals surface area contributed by atoms with Crippen molar-refractivity contribution in [3.8, 4) is 0 Å². The zero-order valence-electron chi connectivity index (χ0n) is 11.9. The Morgan fingerprint density at radius 2 is 1.81 bits per heavy atom. The lowest BCUT2D eigenvalue weighted by molar-refractivity contribution is -0.126. The van der Waals surface area contributed by atoms with Crippen molar-refractivity contribution < 1.29 is 9.63 Å². The Bertz CT molecular complexity index is 592. The van der Waals surface area contributed by atoms with Gasteiger partial charge in [-0.05, 0) is 29.3 Å². The summed E-state index contributed by atoms with van der Waals surface area (Å²) in [7, 11) is 1.40. The van der Waals surface area contributed by atoms with Crippen molar-refractivity contribution >= 4 is 17.7 Å². The van der Waals surface area contributed by atoms with Gasteiger partial charge in [-0.15, -0.1) is 0 Å². The molecule has 0 aliphatic rings. The number of benzene rings is 2. The van der Waals surface area contributed by atoms with E-state index in [0.29, 0.717) is 0 Å². The third kappa shape index (κ3) is 5.12. The summed E-state index contributed by atoms with van der Waals surface area (Å²) >= 11 is 0. The molecule has 0 aliphatic heterocycles. The zero-order valence-corrected chi connectivity index (χ0v) is 11.9. The van der Waals surface area contributed by atoms with E-state index in [1.165, 1.54) is 18.7 Å². The van der Waals surface area contributed by atoms with E-state index in [-0.39, 0.29) is 5.91 Å². The van der Waals surface area contributed by atoms with Gasteiger partial charge >= 0.3 is 0 Å². The Balaban J connectivity index is 1.88. The summed E-state index contributed by atoms with van der Waals surface area (Å²) in [6.45, 7) is 0.784. The molecule has 0 unspecified atom stereocenters. The fourth-order valence-corrected chi connectivity index (χ4v) is 1.82. The summed E-state index contributed by atoms with van der Waals surface area (Å²) in [6, 6.07) is 18.1. The lowest BCUT2D eigenvalue weighted by atomic mass is 10.2. The average Bonchev–Trinajstić information content (AvgIpc) is 2.53. The Labute approximate surface area is 124 Å². The molecule has 0 spiro atoms. The molecule has 0 bridgehead atoms. The van der Waals surface area contributed by atoms with Gasteiger partial charge in [0.2, 0.25) is 0 Å². The molecule has 0 radical (unpaired) electrons. The summed E-state index contributed by atoms with van der Waals surface area (Å²) < 4.78 is 0. The summed E-state index contributed by atoms with van der Waals surface area (Å²) in [5.41, 5.74) is 5.45. The van der Waals surface area contributed by atoms with Gasteiger partial charge in [-0.25, -0.2) is 5.48 Å². The van der Waals surface area contributed by atoms with Gasteiger partial charge < -0.3 is 5.32 Å². The zero-order chi connectivity index (χ0) is 14.9. The number of carbonyl (C=O) groups is 1. The fourth-order valence-electron chi connectivity index (χ4n) is 1.82. The minimum absolute atomic E-state index is 0.288. The smallest absolute Gasteiger partial charge is 0.267 e. The second-order valence-electron chi connectivity index (χ2n) is 4.46. The molecule has 0 atom stereocenters. The maximum absolute atomic E-state index is 11.2. The first-order valence-corrected chi connectivity index (χ1v) is 6.67. The average molecular weight is 282 g/mol. The molecule has 1 amide bonds. The standard InChI is InChI=1S/C17H18N2O2/c1-21-19-17(20)12-9-14-7-10-16(11-8-14)18-13-15-5-3-2-4-6-15/h2-12,18H,13H2,1H3,(H,19,20)/b12-9+. The molecule has 21 heavy (non-hydrogen) atoms. The van der Waals surface area contributed by atoms with Crippen molar-refractivity contribution in [1.29, 1.82) is 0 Å². The Kier molecular flexibility index (Phi) is 5.55. The van der Waals surface area contributed by atoms with Crippen LogP contribution in [0.5, 0.6) is 0 Å². The highest BCUT2D eigenvalue weighted by atomic mass is 16.6. The van der Waals surface area contributed by atoms with Crippen LogP contribution in [-0.2, 0) is 16.2 Å². The maximum atomic E-state index is 11.2. The van der Waals surface area contributed by atoms with E-state index in [9.17, 15) is 4.79 Å². The molecule has 0 saturated carbocycles. The minimum Gasteiger partial charge on any atom is -0.381 e. The SMILES string of the molecule is CONC(=O)/C=C/c1ccc(NCc2ccccc2)cc1. The minimum atomic E-state index is -0.288. The predicted octanol–water partition coefficient (Wildman–Crippen LogP) is 2.99. The summed E-state index contributed by atoms with van der Waals surface area (Å²) in [6.07, 6.45) is 3.16. The lowest BCUT2D eigenvalue weighted by Gasteiger charge is -2.06. The third-order valence-electron chi connectivity index (χ3n) is 2.88. The third-order valence-corrected chi connectivity index (χ3v) is 2.88. The number of hydrogen-bond donors (Lipinski definition) is 2. The van der Waals surface area contributed by atoms with Crippen LogP contribution in [0.1, 0.15) is 11.1 Å². The van der Waals surface area contributed by atoms with Gasteiger partial charge in [-0.2, -0.15) is 0 Å². The fraction of sp³-hybridized carbons (Fsp3) is 0.118. The van der Waals surface area contributed by atoms with Crippen molar-refractivity contribution in [1.82, 2.24) is 5.48 Å². The first kappa shape index (κ1) is 14.8. The van der Waals surface area contributed by atoms with Gasteiger partial charge in [0.1, 0.15) is 0 Å². The van der Waals surface area contributed by atoms with Crippen LogP contribution in [0.25, 0.3) is 6.08 Å². The molecule has 108 valence electrons. The molecule has 4 heteroatoms. The second-order valence-corrected chi connectivity index (χ2v) is 4.46. The summed E-state index contributed by atoms with van der Waals surface area (Å²) in [5, 5.41) is 3.35. The van der Waals surface area contributed by atoms with E-state index in [1.54, 1.807) is 6.08 Å². The van der Waals surface area contributed by atoms with Gasteiger partial charge in [0.15, 0.2) is 0 Å². The number of amides is 1. The first-order valence-electron chi connectivity index (χ1n) is 6.67. The molecule has 2 aromatic rings. The predicted molar refractivity (Wildman–Crippen MR) is 84.4 cm³/mol. The molecular formula is C17H18N2O2. The number of rotatable bonds is 6. The topological polar surface area (TPSA) is 50.4 Å². The molecule has 0 aromatic heterocycles. The Hall–Kier alpha value is -2.59. The molecule has 2 aromatic carbocycles. The Morgan fingerprint density at radius 1 is 1.10 bits per heavy atom. The molecule has 4 nitrogen and oxygen atoms in total. The van der Waals surface area contributed by atoms with Crippen LogP contribution in [0.4, 0.5) is 5.69 Å². The second kappa shape index (κ2) is 7.87. The van der Waals surface area contributed by atoms with Crippen molar-refractivity contribution in [2.24, 2.45) is 0 Å². The quantitative estimate of drug-likeness (QED) is 0.632. The molecule has 0 fully saturated rings. The number of hydrogen-bond acceptors (Lipinski definition) is 3. The van der Waals surface area contributed by atoms with Crippen molar-refractivity contribution in [2.75, 3.05) is 12.4 Å². The Morgan fingerprint density at radius 3 is 2.48 bits per heavy atom. The lowest BCUT2D eigenvalue weighted by Crippen LogP contribution is -2.18. The van der Waals surface area contributed by atoms with E-state index in [4.69, 9.17) is 0 Å². The number of anilines is 1. The van der Waals surface area contributed by atoms with Gasteiger partial charge in [-0.1, -0.05) is 42.5 Å². The van der Waals surface area contributed by atoms with Gasteiger partial charge in [-0.3, -0.25) is 9.63 Å². The van der Waals surface area contributed by atoms with E-state index in [2.05, 4.69) is 27.8 Å². The number of hydroxylamine groups is 1. The molecular weight excluding hydrogens is 264 g/mol. The monoisotopic (exact) mass is 282 g/mol. The normalized spacial score (nSPS) is 10.5. The van der Waals surface area contributed by atoms with Crippen molar-refractivity contribution in [3.63, 3.8) is 0 Å². The van der Waals surface area contributed by atoms with E-state index in [1.807, 2.05) is 42.5 Å². The van der Waals surface area contributed by atoms with Gasteiger partial charge in [0, 0.05) is 18.3 Å². The van der Waals surface area contributed by atoms with E-state index >= 15 is 0 Å². The van der Waals surface area contributed by atoms with Crippen LogP contribution in [0.15, 0.2) is 60.7 Å². The molecule has 0 saturated heterocycles. The van der Waals surface area contributed by atoms with Crippen LogP contribution in [0.2, 0.25) is 0 Å². The molecule has 0 aliphatic carbocycles. The molecule has 2 N–H and O–H groups in total. The van der Waals surface area contributed by atoms with Gasteiger partial charge in [0.25, 0.3) is 5.91 Å². The van der Waals surface area contributed by atoms with Crippen LogP contribution in [-0.4, -0.2) is 13.0 Å². The van der Waals surface area contributed by atoms with Crippen LogP contribution in [0.3, 0.4) is 0 Å². The van der Waals surface area contributed by atoms with Crippen LogP contribution < -0.4 is 10.8 Å². The highest BCUT2D eigenvalue weighted by Crippen LogP contribution is 2.12. The number of nitrogens with one attached hydrogen (secondary N) is 2.